The van der Waals surface area contributed by atoms with Crippen molar-refractivity contribution in [3.05, 3.63) is 58.4 Å². The van der Waals surface area contributed by atoms with Crippen LogP contribution in [0.25, 0.3) is 21.1 Å². The highest BCUT2D eigenvalue weighted by molar-refractivity contribution is 8.00. The number of hydrogen-bond acceptors (Lipinski definition) is 6. The molecule has 2 aromatic carbocycles. The molecule has 1 amide bonds. The molecule has 0 aliphatic carbocycles. The molecular formula is C20H18N4O2S2. The number of fused-ring (bicyclic) bond motifs is 2. The number of para-hydroxylation sites is 1. The molecule has 4 aromatic rings. The molecule has 0 radical (unpaired) electrons. The maximum Gasteiger partial charge on any atom is 0.261 e. The van der Waals surface area contributed by atoms with Gasteiger partial charge in [0.15, 0.2) is 10.3 Å². The summed E-state index contributed by atoms with van der Waals surface area (Å²) in [6, 6.07) is 13.2. The zero-order valence-electron chi connectivity index (χ0n) is 15.6. The van der Waals surface area contributed by atoms with Crippen molar-refractivity contribution < 1.29 is 4.79 Å². The Morgan fingerprint density at radius 2 is 1.96 bits per heavy atom. The molecular weight excluding hydrogens is 392 g/mol. The third kappa shape index (κ3) is 3.53. The fourth-order valence-corrected chi connectivity index (χ4v) is 4.65. The summed E-state index contributed by atoms with van der Waals surface area (Å²) < 4.78 is 2.52. The van der Waals surface area contributed by atoms with Gasteiger partial charge in [-0.2, -0.15) is 0 Å². The van der Waals surface area contributed by atoms with E-state index in [1.165, 1.54) is 27.7 Å². The molecule has 0 saturated carbocycles. The molecule has 4 rings (SSSR count). The van der Waals surface area contributed by atoms with Gasteiger partial charge in [0.05, 0.1) is 26.4 Å². The first kappa shape index (κ1) is 18.6. The zero-order chi connectivity index (χ0) is 19.8. The second kappa shape index (κ2) is 7.37. The van der Waals surface area contributed by atoms with Crippen LogP contribution in [0.15, 0.2) is 52.4 Å². The van der Waals surface area contributed by atoms with E-state index in [1.54, 1.807) is 26.1 Å². The van der Waals surface area contributed by atoms with Crippen LogP contribution in [-0.2, 0) is 11.8 Å². The van der Waals surface area contributed by atoms with Gasteiger partial charge < -0.3 is 5.32 Å². The van der Waals surface area contributed by atoms with Gasteiger partial charge in [0.1, 0.15) is 0 Å². The number of nitrogens with one attached hydrogen (secondary N) is 1. The van der Waals surface area contributed by atoms with Gasteiger partial charge in [-0.1, -0.05) is 41.3 Å². The molecule has 2 heterocycles. The van der Waals surface area contributed by atoms with Gasteiger partial charge in [0, 0.05) is 7.05 Å². The molecule has 6 nitrogen and oxygen atoms in total. The SMILES string of the molecule is Cc1ccc2nc(NC(=O)C(C)Sc3nc4ccccc4c(=O)n3C)sc2c1. The number of carbonyl (C=O) groups is 1. The molecule has 1 atom stereocenters. The quantitative estimate of drug-likeness (QED) is 0.407. The highest BCUT2D eigenvalue weighted by Gasteiger charge is 2.19. The van der Waals surface area contributed by atoms with E-state index < -0.39 is 5.25 Å². The fraction of sp³-hybridized carbons (Fsp3) is 0.200. The zero-order valence-corrected chi connectivity index (χ0v) is 17.2. The summed E-state index contributed by atoms with van der Waals surface area (Å²) in [4.78, 5) is 34.2. The number of hydrogen-bond donors (Lipinski definition) is 1. The predicted molar refractivity (Wildman–Crippen MR) is 115 cm³/mol. The van der Waals surface area contributed by atoms with E-state index in [0.29, 0.717) is 21.2 Å². The van der Waals surface area contributed by atoms with E-state index in [-0.39, 0.29) is 11.5 Å². The van der Waals surface area contributed by atoms with Crippen LogP contribution in [0.3, 0.4) is 0 Å². The average Bonchev–Trinajstić information content (AvgIpc) is 3.07. The third-order valence-electron chi connectivity index (χ3n) is 4.37. The Kier molecular flexibility index (Phi) is 4.91. The van der Waals surface area contributed by atoms with Gasteiger partial charge in [0.2, 0.25) is 5.91 Å². The number of thioether (sulfide) groups is 1. The summed E-state index contributed by atoms with van der Waals surface area (Å²) in [5.74, 6) is -0.178. The molecule has 0 spiro atoms. The van der Waals surface area contributed by atoms with E-state index >= 15 is 0 Å². The van der Waals surface area contributed by atoms with Crippen molar-refractivity contribution in [2.24, 2.45) is 7.05 Å². The van der Waals surface area contributed by atoms with E-state index in [4.69, 9.17) is 0 Å². The lowest BCUT2D eigenvalue weighted by atomic mass is 10.2. The molecule has 0 aliphatic rings. The van der Waals surface area contributed by atoms with E-state index in [0.717, 1.165) is 15.8 Å². The molecule has 0 bridgehead atoms. The number of rotatable bonds is 4. The first-order valence-corrected chi connectivity index (χ1v) is 10.4. The van der Waals surface area contributed by atoms with Crippen molar-refractivity contribution in [1.29, 1.82) is 0 Å². The van der Waals surface area contributed by atoms with Crippen molar-refractivity contribution in [1.82, 2.24) is 14.5 Å². The number of carbonyl (C=O) groups excluding carboxylic acids is 1. The highest BCUT2D eigenvalue weighted by Crippen LogP contribution is 2.28. The Hall–Kier alpha value is -2.71. The molecule has 1 unspecified atom stereocenters. The smallest absolute Gasteiger partial charge is 0.261 e. The summed E-state index contributed by atoms with van der Waals surface area (Å²) in [7, 11) is 1.67. The van der Waals surface area contributed by atoms with Crippen LogP contribution in [-0.4, -0.2) is 25.7 Å². The minimum absolute atomic E-state index is 0.123. The highest BCUT2D eigenvalue weighted by atomic mass is 32.2. The fourth-order valence-electron chi connectivity index (χ4n) is 2.81. The van der Waals surface area contributed by atoms with E-state index in [1.807, 2.05) is 31.2 Å². The number of thiazole rings is 1. The largest absolute Gasteiger partial charge is 0.301 e. The third-order valence-corrected chi connectivity index (χ3v) is 6.44. The maximum absolute atomic E-state index is 12.6. The molecule has 0 saturated heterocycles. The molecule has 1 N–H and O–H groups in total. The van der Waals surface area contributed by atoms with Crippen LogP contribution in [0.4, 0.5) is 5.13 Å². The Bertz CT molecular complexity index is 1260. The van der Waals surface area contributed by atoms with Gasteiger partial charge >= 0.3 is 0 Å². The molecule has 2 aromatic heterocycles. The van der Waals surface area contributed by atoms with Crippen molar-refractivity contribution in [2.45, 2.75) is 24.3 Å². The van der Waals surface area contributed by atoms with E-state index in [9.17, 15) is 9.59 Å². The summed E-state index contributed by atoms with van der Waals surface area (Å²) in [5.41, 5.74) is 2.52. The van der Waals surface area contributed by atoms with Crippen LogP contribution >= 0.6 is 23.1 Å². The van der Waals surface area contributed by atoms with Gasteiger partial charge in [-0.25, -0.2) is 9.97 Å². The van der Waals surface area contributed by atoms with Crippen molar-refractivity contribution in [3.63, 3.8) is 0 Å². The van der Waals surface area contributed by atoms with Crippen LogP contribution in [0.5, 0.6) is 0 Å². The normalized spacial score (nSPS) is 12.4. The minimum Gasteiger partial charge on any atom is -0.301 e. The van der Waals surface area contributed by atoms with Gasteiger partial charge in [0.25, 0.3) is 5.56 Å². The number of aryl methyl sites for hydroxylation is 1. The Labute approximate surface area is 169 Å². The van der Waals surface area contributed by atoms with Crippen LogP contribution < -0.4 is 10.9 Å². The molecule has 28 heavy (non-hydrogen) atoms. The lowest BCUT2D eigenvalue weighted by Crippen LogP contribution is -2.25. The average molecular weight is 411 g/mol. The summed E-state index contributed by atoms with van der Waals surface area (Å²) in [6.07, 6.45) is 0. The lowest BCUT2D eigenvalue weighted by Gasteiger charge is -2.13. The van der Waals surface area contributed by atoms with Gasteiger partial charge in [-0.3, -0.25) is 14.2 Å². The first-order valence-electron chi connectivity index (χ1n) is 8.73. The Morgan fingerprint density at radius 1 is 1.18 bits per heavy atom. The predicted octanol–water partition coefficient (Wildman–Crippen LogP) is 3.97. The topological polar surface area (TPSA) is 76.9 Å². The number of anilines is 1. The summed E-state index contributed by atoms with van der Waals surface area (Å²) in [5, 5.41) is 4.08. The Balaban J connectivity index is 1.55. The molecule has 0 fully saturated rings. The second-order valence-electron chi connectivity index (χ2n) is 6.52. The Morgan fingerprint density at radius 3 is 2.79 bits per heavy atom. The number of benzene rings is 2. The van der Waals surface area contributed by atoms with E-state index in [2.05, 4.69) is 21.4 Å². The molecule has 142 valence electrons. The van der Waals surface area contributed by atoms with Crippen LogP contribution in [0, 0.1) is 6.92 Å². The standard InChI is InChI=1S/C20H18N4O2S2/c1-11-8-9-15-16(10-11)28-19(21-15)23-17(25)12(2)27-20-22-14-7-5-4-6-13(14)18(26)24(20)3/h4-10,12H,1-3H3,(H,21,23,25). The minimum atomic E-state index is -0.437. The number of aromatic nitrogens is 3. The van der Waals surface area contributed by atoms with Gasteiger partial charge in [-0.15, -0.1) is 0 Å². The number of nitrogens with zero attached hydrogens (tertiary/aromatic N) is 3. The number of amides is 1. The van der Waals surface area contributed by atoms with Gasteiger partial charge in [-0.05, 0) is 43.7 Å². The summed E-state index contributed by atoms with van der Waals surface area (Å²) >= 11 is 2.70. The lowest BCUT2D eigenvalue weighted by molar-refractivity contribution is -0.115. The second-order valence-corrected chi connectivity index (χ2v) is 8.85. The van der Waals surface area contributed by atoms with Crippen molar-refractivity contribution >= 4 is 55.3 Å². The van der Waals surface area contributed by atoms with Crippen LogP contribution in [0.2, 0.25) is 0 Å². The molecule has 0 aliphatic heterocycles. The van der Waals surface area contributed by atoms with Crippen molar-refractivity contribution in [2.75, 3.05) is 5.32 Å². The summed E-state index contributed by atoms with van der Waals surface area (Å²) in [6.45, 7) is 3.82. The monoisotopic (exact) mass is 410 g/mol. The maximum atomic E-state index is 12.6. The molecule has 8 heteroatoms. The van der Waals surface area contributed by atoms with Crippen molar-refractivity contribution in [3.8, 4) is 0 Å². The first-order chi connectivity index (χ1) is 13.4. The van der Waals surface area contributed by atoms with Crippen LogP contribution in [0.1, 0.15) is 12.5 Å².